The number of carbonyl (C=O) groups is 1. The van der Waals surface area contributed by atoms with Crippen molar-refractivity contribution in [2.24, 2.45) is 0 Å². The number of halogens is 1. The average Bonchev–Trinajstić information content (AvgIpc) is 2.30. The van der Waals surface area contributed by atoms with E-state index in [4.69, 9.17) is 5.11 Å². The predicted molar refractivity (Wildman–Crippen MR) is 70.2 cm³/mol. The maximum absolute atomic E-state index is 10.4. The van der Waals surface area contributed by atoms with E-state index in [9.17, 15) is 4.79 Å². The molecule has 1 aromatic carbocycles. The summed E-state index contributed by atoms with van der Waals surface area (Å²) in [6, 6.07) is 7.76. The van der Waals surface area contributed by atoms with Crippen molar-refractivity contribution >= 4 is 38.5 Å². The Balaban J connectivity index is 2.28. The summed E-state index contributed by atoms with van der Waals surface area (Å²) in [4.78, 5) is 14.7. The number of carboxylic acid groups (broad SMARTS) is 1. The first-order valence-electron chi connectivity index (χ1n) is 5.17. The van der Waals surface area contributed by atoms with E-state index in [1.807, 2.05) is 24.3 Å². The van der Waals surface area contributed by atoms with Crippen molar-refractivity contribution in [1.29, 1.82) is 0 Å². The lowest BCUT2D eigenvalue weighted by molar-refractivity contribution is -0.136. The van der Waals surface area contributed by atoms with Crippen LogP contribution in [0, 0.1) is 0 Å². The van der Waals surface area contributed by atoms with Crippen molar-refractivity contribution in [3.63, 3.8) is 0 Å². The Morgan fingerprint density at radius 3 is 2.94 bits per heavy atom. The van der Waals surface area contributed by atoms with E-state index in [1.165, 1.54) is 0 Å². The van der Waals surface area contributed by atoms with E-state index in [-0.39, 0.29) is 6.42 Å². The lowest BCUT2D eigenvalue weighted by Crippen LogP contribution is -2.08. The fourth-order valence-corrected chi connectivity index (χ4v) is 2.10. The van der Waals surface area contributed by atoms with Gasteiger partial charge < -0.3 is 10.4 Å². The highest BCUT2D eigenvalue weighted by Gasteiger charge is 2.04. The van der Waals surface area contributed by atoms with Crippen LogP contribution in [0.2, 0.25) is 0 Å². The van der Waals surface area contributed by atoms with Crippen molar-refractivity contribution < 1.29 is 9.90 Å². The molecule has 0 spiro atoms. The Morgan fingerprint density at radius 2 is 2.18 bits per heavy atom. The lowest BCUT2D eigenvalue weighted by atomic mass is 10.1. The smallest absolute Gasteiger partial charge is 0.305 e. The van der Waals surface area contributed by atoms with E-state index in [0.717, 1.165) is 15.2 Å². The Hall–Kier alpha value is -1.62. The van der Waals surface area contributed by atoms with Crippen LogP contribution in [0.4, 0.5) is 5.82 Å². The second kappa shape index (κ2) is 5.14. The second-order valence-electron chi connectivity index (χ2n) is 3.57. The van der Waals surface area contributed by atoms with Crippen LogP contribution in [-0.4, -0.2) is 22.6 Å². The molecule has 2 aromatic rings. The molecule has 0 saturated carbocycles. The first-order chi connectivity index (χ1) is 8.18. The van der Waals surface area contributed by atoms with E-state index in [0.29, 0.717) is 12.4 Å². The van der Waals surface area contributed by atoms with Gasteiger partial charge in [0, 0.05) is 28.0 Å². The van der Waals surface area contributed by atoms with Crippen molar-refractivity contribution in [2.75, 3.05) is 11.9 Å². The van der Waals surface area contributed by atoms with Crippen LogP contribution < -0.4 is 5.32 Å². The standard InChI is InChI=1S/C12H11BrN2O2/c13-10-3-1-2-9-8(10)4-6-14-12(9)15-7-5-11(16)17/h1-4,6H,5,7H2,(H,14,15)(H,16,17). The highest BCUT2D eigenvalue weighted by atomic mass is 79.9. The molecule has 0 atom stereocenters. The van der Waals surface area contributed by atoms with E-state index >= 15 is 0 Å². The number of hydrogen-bond donors (Lipinski definition) is 2. The highest BCUT2D eigenvalue weighted by Crippen LogP contribution is 2.27. The number of nitrogens with zero attached hydrogens (tertiary/aromatic N) is 1. The molecule has 0 amide bonds. The maximum atomic E-state index is 10.4. The van der Waals surface area contributed by atoms with Crippen LogP contribution in [0.5, 0.6) is 0 Å². The Bertz CT molecular complexity index is 557. The Morgan fingerprint density at radius 1 is 1.35 bits per heavy atom. The molecule has 0 radical (unpaired) electrons. The number of pyridine rings is 1. The summed E-state index contributed by atoms with van der Waals surface area (Å²) < 4.78 is 0.999. The summed E-state index contributed by atoms with van der Waals surface area (Å²) in [5, 5.41) is 13.6. The van der Waals surface area contributed by atoms with Crippen LogP contribution in [0.3, 0.4) is 0 Å². The first kappa shape index (κ1) is 11.9. The van der Waals surface area contributed by atoms with Gasteiger partial charge in [0.25, 0.3) is 0 Å². The second-order valence-corrected chi connectivity index (χ2v) is 4.42. The van der Waals surface area contributed by atoms with Gasteiger partial charge in [0.2, 0.25) is 0 Å². The number of anilines is 1. The third-order valence-electron chi connectivity index (χ3n) is 2.38. The predicted octanol–water partition coefficient (Wildman–Crippen LogP) is 2.88. The molecule has 2 rings (SSSR count). The molecule has 4 nitrogen and oxygen atoms in total. The summed E-state index contributed by atoms with van der Waals surface area (Å²) >= 11 is 3.47. The molecule has 0 bridgehead atoms. The van der Waals surface area contributed by atoms with Gasteiger partial charge in [-0.15, -0.1) is 0 Å². The zero-order valence-corrected chi connectivity index (χ0v) is 10.6. The zero-order chi connectivity index (χ0) is 12.3. The molecule has 0 aliphatic carbocycles. The van der Waals surface area contributed by atoms with Gasteiger partial charge in [0.05, 0.1) is 6.42 Å². The minimum absolute atomic E-state index is 0.0755. The molecule has 17 heavy (non-hydrogen) atoms. The van der Waals surface area contributed by atoms with Crippen molar-refractivity contribution in [3.8, 4) is 0 Å². The Labute approximate surface area is 107 Å². The number of aliphatic carboxylic acids is 1. The third kappa shape index (κ3) is 2.74. The van der Waals surface area contributed by atoms with Crippen LogP contribution in [0.1, 0.15) is 6.42 Å². The number of hydrogen-bond acceptors (Lipinski definition) is 3. The minimum atomic E-state index is -0.820. The van der Waals surface area contributed by atoms with Gasteiger partial charge in [-0.2, -0.15) is 0 Å². The summed E-state index contributed by atoms with van der Waals surface area (Å²) in [5.41, 5.74) is 0. The molecule has 0 fully saturated rings. The number of carboxylic acids is 1. The van der Waals surface area contributed by atoms with Gasteiger partial charge in [-0.25, -0.2) is 4.98 Å². The molecule has 2 N–H and O–H groups in total. The molecular formula is C12H11BrN2O2. The fourth-order valence-electron chi connectivity index (χ4n) is 1.60. The monoisotopic (exact) mass is 294 g/mol. The summed E-state index contributed by atoms with van der Waals surface area (Å²) in [6.45, 7) is 0.369. The minimum Gasteiger partial charge on any atom is -0.481 e. The molecule has 1 heterocycles. The Kier molecular flexibility index (Phi) is 3.58. The van der Waals surface area contributed by atoms with Crippen molar-refractivity contribution in [3.05, 3.63) is 34.9 Å². The molecule has 0 aliphatic rings. The summed E-state index contributed by atoms with van der Waals surface area (Å²) in [7, 11) is 0. The zero-order valence-electron chi connectivity index (χ0n) is 8.98. The molecule has 88 valence electrons. The number of benzene rings is 1. The van der Waals surface area contributed by atoms with Crippen LogP contribution in [0.25, 0.3) is 10.8 Å². The number of rotatable bonds is 4. The van der Waals surface area contributed by atoms with Gasteiger partial charge in [0.1, 0.15) is 5.82 Å². The van der Waals surface area contributed by atoms with Crippen molar-refractivity contribution in [2.45, 2.75) is 6.42 Å². The van der Waals surface area contributed by atoms with E-state index < -0.39 is 5.97 Å². The quantitative estimate of drug-likeness (QED) is 0.910. The topological polar surface area (TPSA) is 62.2 Å². The fraction of sp³-hybridized carbons (Fsp3) is 0.167. The van der Waals surface area contributed by atoms with Crippen LogP contribution in [-0.2, 0) is 4.79 Å². The molecule has 5 heteroatoms. The third-order valence-corrected chi connectivity index (χ3v) is 3.08. The highest BCUT2D eigenvalue weighted by molar-refractivity contribution is 9.10. The summed E-state index contributed by atoms with van der Waals surface area (Å²) in [5.74, 6) is -0.107. The number of aromatic nitrogens is 1. The van der Waals surface area contributed by atoms with Gasteiger partial charge in [0.15, 0.2) is 0 Å². The number of fused-ring (bicyclic) bond motifs is 1. The normalized spacial score (nSPS) is 10.4. The lowest BCUT2D eigenvalue weighted by Gasteiger charge is -2.08. The van der Waals surface area contributed by atoms with E-state index in [2.05, 4.69) is 26.2 Å². The first-order valence-corrected chi connectivity index (χ1v) is 5.96. The van der Waals surface area contributed by atoms with Gasteiger partial charge in [-0.3, -0.25) is 4.79 Å². The van der Waals surface area contributed by atoms with Crippen molar-refractivity contribution in [1.82, 2.24) is 4.98 Å². The molecule has 0 unspecified atom stereocenters. The van der Waals surface area contributed by atoms with Crippen LogP contribution >= 0.6 is 15.9 Å². The number of nitrogens with one attached hydrogen (secondary N) is 1. The maximum Gasteiger partial charge on any atom is 0.305 e. The van der Waals surface area contributed by atoms with Gasteiger partial charge in [-0.05, 0) is 12.1 Å². The van der Waals surface area contributed by atoms with Gasteiger partial charge in [-0.1, -0.05) is 28.1 Å². The van der Waals surface area contributed by atoms with Gasteiger partial charge >= 0.3 is 5.97 Å². The molecule has 0 aliphatic heterocycles. The largest absolute Gasteiger partial charge is 0.481 e. The van der Waals surface area contributed by atoms with Crippen LogP contribution in [0.15, 0.2) is 34.9 Å². The molecule has 1 aromatic heterocycles. The average molecular weight is 295 g/mol. The SMILES string of the molecule is O=C(O)CCNc1nccc2c(Br)cccc12. The van der Waals surface area contributed by atoms with E-state index in [1.54, 1.807) is 6.20 Å². The molecular weight excluding hydrogens is 284 g/mol. The molecule has 0 saturated heterocycles. The summed E-state index contributed by atoms with van der Waals surface area (Å²) in [6.07, 6.45) is 1.78.